The molecule has 0 spiro atoms. The Hall–Kier alpha value is -2.13. The number of benzene rings is 1. The fraction of sp³-hybridized carbons (Fsp3) is 0.214. The average Bonchev–Trinajstić information content (AvgIpc) is 2.44. The van der Waals surface area contributed by atoms with Crippen molar-refractivity contribution in [2.75, 3.05) is 13.2 Å². The molecule has 1 rings (SSSR count). The zero-order chi connectivity index (χ0) is 14.8. The largest absolute Gasteiger partial charge is 0.452 e. The number of ether oxygens (including phenoxy) is 1. The summed E-state index contributed by atoms with van der Waals surface area (Å²) in [5, 5.41) is 10.7. The number of nitriles is 1. The fourth-order valence-electron chi connectivity index (χ4n) is 1.26. The maximum absolute atomic E-state index is 11.4. The van der Waals surface area contributed by atoms with Crippen molar-refractivity contribution >= 4 is 33.9 Å². The Morgan fingerprint density at radius 2 is 2.15 bits per heavy atom. The van der Waals surface area contributed by atoms with Crippen LogP contribution in [0.2, 0.25) is 0 Å². The second kappa shape index (κ2) is 8.88. The van der Waals surface area contributed by atoms with E-state index >= 15 is 0 Å². The summed E-state index contributed by atoms with van der Waals surface area (Å²) in [4.78, 5) is 22.6. The Morgan fingerprint density at radius 1 is 1.40 bits per heavy atom. The predicted molar refractivity (Wildman–Crippen MR) is 77.4 cm³/mol. The monoisotopic (exact) mass is 336 g/mol. The molecule has 0 bridgehead atoms. The molecule has 0 unspecified atom stereocenters. The van der Waals surface area contributed by atoms with Crippen molar-refractivity contribution in [3.63, 3.8) is 0 Å². The first-order valence-corrected chi connectivity index (χ1v) is 6.66. The average molecular weight is 337 g/mol. The standard InChI is InChI=1S/C14H13BrN2O3/c15-12-5-2-1-4-11(12)6-7-14(19)20-10-13(18)17-9-3-8-16/h1-2,4-7H,3,9-10H2,(H,17,18)/b7-6+. The van der Waals surface area contributed by atoms with E-state index in [0.29, 0.717) is 0 Å². The first-order chi connectivity index (χ1) is 9.63. The van der Waals surface area contributed by atoms with Gasteiger partial charge >= 0.3 is 5.97 Å². The number of nitrogens with zero attached hydrogens (tertiary/aromatic N) is 1. The molecule has 1 aromatic rings. The molecule has 0 atom stereocenters. The molecule has 1 N–H and O–H groups in total. The van der Waals surface area contributed by atoms with Crippen molar-refractivity contribution in [3.8, 4) is 6.07 Å². The molecule has 0 saturated carbocycles. The van der Waals surface area contributed by atoms with Crippen LogP contribution < -0.4 is 5.32 Å². The summed E-state index contributed by atoms with van der Waals surface area (Å²) in [6.07, 6.45) is 3.07. The van der Waals surface area contributed by atoms with E-state index < -0.39 is 11.9 Å². The minimum absolute atomic E-state index is 0.224. The van der Waals surface area contributed by atoms with Crippen molar-refractivity contribution in [2.24, 2.45) is 0 Å². The summed E-state index contributed by atoms with van der Waals surface area (Å²) in [5.74, 6) is -1.03. The number of hydrogen-bond donors (Lipinski definition) is 1. The first kappa shape index (κ1) is 15.9. The van der Waals surface area contributed by atoms with Crippen LogP contribution in [0.25, 0.3) is 6.08 Å². The van der Waals surface area contributed by atoms with Gasteiger partial charge in [-0.1, -0.05) is 34.1 Å². The van der Waals surface area contributed by atoms with Crippen LogP contribution in [-0.2, 0) is 14.3 Å². The van der Waals surface area contributed by atoms with Crippen LogP contribution in [0.5, 0.6) is 0 Å². The molecule has 0 fully saturated rings. The Balaban J connectivity index is 2.35. The topological polar surface area (TPSA) is 79.2 Å². The van der Waals surface area contributed by atoms with E-state index in [2.05, 4.69) is 21.2 Å². The fourth-order valence-corrected chi connectivity index (χ4v) is 1.68. The molecule has 5 nitrogen and oxygen atoms in total. The van der Waals surface area contributed by atoms with Crippen molar-refractivity contribution in [2.45, 2.75) is 6.42 Å². The third kappa shape index (κ3) is 6.16. The lowest BCUT2D eigenvalue weighted by Crippen LogP contribution is -2.29. The van der Waals surface area contributed by atoms with Gasteiger partial charge in [0.2, 0.25) is 0 Å². The molecule has 20 heavy (non-hydrogen) atoms. The number of rotatable bonds is 6. The summed E-state index contributed by atoms with van der Waals surface area (Å²) in [5.41, 5.74) is 0.836. The smallest absolute Gasteiger partial charge is 0.331 e. The highest BCUT2D eigenvalue weighted by molar-refractivity contribution is 9.10. The predicted octanol–water partition coefficient (Wildman–Crippen LogP) is 2.04. The maximum Gasteiger partial charge on any atom is 0.331 e. The van der Waals surface area contributed by atoms with Crippen LogP contribution in [0.1, 0.15) is 12.0 Å². The van der Waals surface area contributed by atoms with Gasteiger partial charge in [0.25, 0.3) is 5.91 Å². The van der Waals surface area contributed by atoms with Crippen LogP contribution >= 0.6 is 15.9 Å². The van der Waals surface area contributed by atoms with Gasteiger partial charge in [-0.2, -0.15) is 5.26 Å². The van der Waals surface area contributed by atoms with Gasteiger partial charge in [0.1, 0.15) is 0 Å². The zero-order valence-electron chi connectivity index (χ0n) is 10.6. The van der Waals surface area contributed by atoms with Crippen LogP contribution in [-0.4, -0.2) is 25.0 Å². The van der Waals surface area contributed by atoms with Crippen LogP contribution in [0, 0.1) is 11.3 Å². The molecule has 104 valence electrons. The second-order valence-electron chi connectivity index (χ2n) is 3.72. The number of esters is 1. The van der Waals surface area contributed by atoms with Crippen molar-refractivity contribution in [1.29, 1.82) is 5.26 Å². The zero-order valence-corrected chi connectivity index (χ0v) is 12.2. The summed E-state index contributed by atoms with van der Waals surface area (Å²) in [6, 6.07) is 9.30. The minimum Gasteiger partial charge on any atom is -0.452 e. The van der Waals surface area contributed by atoms with E-state index in [1.807, 2.05) is 30.3 Å². The summed E-state index contributed by atoms with van der Waals surface area (Å²) >= 11 is 3.35. The quantitative estimate of drug-likeness (QED) is 0.489. The third-order valence-corrected chi connectivity index (χ3v) is 2.93. The molecule has 1 amide bonds. The molecule has 0 aliphatic heterocycles. The van der Waals surface area contributed by atoms with Gasteiger partial charge in [-0.05, 0) is 17.7 Å². The molecular formula is C14H13BrN2O3. The number of halogens is 1. The van der Waals surface area contributed by atoms with Crippen molar-refractivity contribution < 1.29 is 14.3 Å². The van der Waals surface area contributed by atoms with Crippen molar-refractivity contribution in [3.05, 3.63) is 40.4 Å². The van der Waals surface area contributed by atoms with E-state index in [-0.39, 0.29) is 19.6 Å². The van der Waals surface area contributed by atoms with Crippen LogP contribution in [0.4, 0.5) is 0 Å². The molecule has 6 heteroatoms. The molecule has 0 aliphatic rings. The molecule has 0 saturated heterocycles. The second-order valence-corrected chi connectivity index (χ2v) is 4.57. The SMILES string of the molecule is N#CCCNC(=O)COC(=O)/C=C/c1ccccc1Br. The summed E-state index contributed by atoms with van der Waals surface area (Å²) < 4.78 is 5.62. The Kier molecular flexibility index (Phi) is 7.07. The Morgan fingerprint density at radius 3 is 2.85 bits per heavy atom. The van der Waals surface area contributed by atoms with Gasteiger partial charge < -0.3 is 10.1 Å². The maximum atomic E-state index is 11.4. The lowest BCUT2D eigenvalue weighted by molar-refractivity contribution is -0.143. The third-order valence-electron chi connectivity index (χ3n) is 2.21. The highest BCUT2D eigenvalue weighted by Gasteiger charge is 2.04. The van der Waals surface area contributed by atoms with Gasteiger partial charge in [0.05, 0.1) is 12.5 Å². The highest BCUT2D eigenvalue weighted by atomic mass is 79.9. The van der Waals surface area contributed by atoms with E-state index in [9.17, 15) is 9.59 Å². The Bertz CT molecular complexity index is 550. The van der Waals surface area contributed by atoms with Crippen molar-refractivity contribution in [1.82, 2.24) is 5.32 Å². The lowest BCUT2D eigenvalue weighted by Gasteiger charge is -2.03. The van der Waals surface area contributed by atoms with E-state index in [4.69, 9.17) is 10.00 Å². The summed E-state index contributed by atoms with van der Waals surface area (Å²) in [7, 11) is 0. The number of hydrogen-bond acceptors (Lipinski definition) is 4. The summed E-state index contributed by atoms with van der Waals surface area (Å²) in [6.45, 7) is -0.107. The lowest BCUT2D eigenvalue weighted by atomic mass is 10.2. The number of carbonyl (C=O) groups is 2. The van der Waals surface area contributed by atoms with Gasteiger partial charge in [0, 0.05) is 17.1 Å². The van der Waals surface area contributed by atoms with Crippen LogP contribution in [0.3, 0.4) is 0 Å². The molecule has 0 aliphatic carbocycles. The number of amides is 1. The van der Waals surface area contributed by atoms with Gasteiger partial charge in [-0.25, -0.2) is 4.79 Å². The highest BCUT2D eigenvalue weighted by Crippen LogP contribution is 2.16. The van der Waals surface area contributed by atoms with Gasteiger partial charge in [-0.3, -0.25) is 4.79 Å². The molecular weight excluding hydrogens is 324 g/mol. The van der Waals surface area contributed by atoms with Gasteiger partial charge in [-0.15, -0.1) is 0 Å². The van der Waals surface area contributed by atoms with Crippen LogP contribution in [0.15, 0.2) is 34.8 Å². The minimum atomic E-state index is -0.601. The molecule has 1 aromatic carbocycles. The van der Waals surface area contributed by atoms with E-state index in [1.165, 1.54) is 6.08 Å². The number of carbonyl (C=O) groups excluding carboxylic acids is 2. The normalized spacial score (nSPS) is 10.0. The molecule has 0 aromatic heterocycles. The Labute approximate surface area is 125 Å². The van der Waals surface area contributed by atoms with E-state index in [1.54, 1.807) is 6.08 Å². The molecule has 0 radical (unpaired) electrons. The first-order valence-electron chi connectivity index (χ1n) is 5.86. The molecule has 0 heterocycles. The van der Waals surface area contributed by atoms with E-state index in [0.717, 1.165) is 10.0 Å². The number of nitrogens with one attached hydrogen (secondary N) is 1. The van der Waals surface area contributed by atoms with Gasteiger partial charge in [0.15, 0.2) is 6.61 Å².